The van der Waals surface area contributed by atoms with E-state index in [0.717, 1.165) is 0 Å². The van der Waals surface area contributed by atoms with E-state index in [9.17, 15) is 34.5 Å². The second-order valence-corrected chi connectivity index (χ2v) is 21.1. The first kappa shape index (κ1) is 58.3. The van der Waals surface area contributed by atoms with Gasteiger partial charge in [-0.05, 0) is 90.7 Å². The van der Waals surface area contributed by atoms with Crippen molar-refractivity contribution < 1.29 is 54.9 Å². The van der Waals surface area contributed by atoms with Gasteiger partial charge in [-0.15, -0.1) is 15.8 Å². The molecule has 46 heavy (non-hydrogen) atoms. The summed E-state index contributed by atoms with van der Waals surface area (Å²) < 4.78 is 78.0. The first-order valence-corrected chi connectivity index (χ1v) is 19.3. The fourth-order valence-electron chi connectivity index (χ4n) is 3.16. The third kappa shape index (κ3) is 90.4. The van der Waals surface area contributed by atoms with Crippen LogP contribution in [0.4, 0.5) is 34.5 Å². The van der Waals surface area contributed by atoms with Crippen molar-refractivity contribution in [3.8, 4) is 12.1 Å². The maximum absolute atomic E-state index is 9.75. The molecule has 2 nitrogen and oxygen atoms in total. The van der Waals surface area contributed by atoms with Gasteiger partial charge in [0, 0.05) is 13.8 Å². The van der Waals surface area contributed by atoms with Crippen LogP contribution < -0.4 is 0 Å². The molecule has 0 aromatic carbocycles. The van der Waals surface area contributed by atoms with Crippen molar-refractivity contribution in [3.05, 3.63) is 0 Å². The van der Waals surface area contributed by atoms with Gasteiger partial charge in [0.15, 0.2) is 0 Å². The first-order chi connectivity index (χ1) is 19.7. The van der Waals surface area contributed by atoms with Gasteiger partial charge in [-0.25, -0.2) is 0 Å². The minimum Gasteiger partial charge on any atom is -0.418 e. The van der Waals surface area contributed by atoms with Crippen LogP contribution in [0.5, 0.6) is 0 Å². The molecule has 0 unspecified atom stereocenters. The average molecular weight is 807 g/mol. The van der Waals surface area contributed by atoms with E-state index < -0.39 is 14.5 Å². The van der Waals surface area contributed by atoms with E-state index in [1.54, 1.807) is 12.1 Å². The van der Waals surface area contributed by atoms with Crippen LogP contribution in [-0.4, -0.2) is 51.5 Å². The Morgan fingerprint density at radius 1 is 0.435 bits per heavy atom. The molecule has 0 atom stereocenters. The number of nitriles is 2. The monoisotopic (exact) mass is 806 g/mol. The molecule has 0 aliphatic rings. The van der Waals surface area contributed by atoms with E-state index in [1.165, 1.54) is 82.9 Å². The Hall–Kier alpha value is 0.0722. The van der Waals surface area contributed by atoms with Gasteiger partial charge in [0.1, 0.15) is 0 Å². The summed E-state index contributed by atoms with van der Waals surface area (Å²) in [5.74, 6) is 0. The van der Waals surface area contributed by atoms with E-state index in [4.69, 9.17) is 10.5 Å². The predicted octanol–water partition coefficient (Wildman–Crippen LogP) is 13.7. The zero-order chi connectivity index (χ0) is 37.3. The molecule has 15 heteroatoms. The van der Waals surface area contributed by atoms with Crippen LogP contribution in [0.3, 0.4) is 0 Å². The van der Waals surface area contributed by atoms with Gasteiger partial charge >= 0.3 is 34.9 Å². The number of halogens is 8. The van der Waals surface area contributed by atoms with Crippen LogP contribution in [0.25, 0.3) is 0 Å². The van der Waals surface area contributed by atoms with Crippen LogP contribution in [0.15, 0.2) is 0 Å². The molecule has 0 fully saturated rings. The molecule has 0 aromatic heterocycles. The third-order valence-electron chi connectivity index (χ3n) is 5.66. The standard InChI is InChI=1S/C27H58P2.2C2H3N.2BF4.Pd/c1-24(2,3)14-20-28(21-15-25(4,5)6)18-13-19-29(22-16-26(7,8)9)23-17-27(10,11)12;2*1-2-3;2*2-1(3,4)5;/h13-23H2,1-12H3;2*1H3;;;/q;;;2*-1;+2. The molecule has 280 valence electrons. The molecule has 0 aliphatic heterocycles. The third-order valence-corrected chi connectivity index (χ3v) is 11.0. The molecule has 0 heterocycles. The van der Waals surface area contributed by atoms with Crippen molar-refractivity contribution >= 4 is 30.4 Å². The zero-order valence-corrected chi connectivity index (χ0v) is 34.4. The van der Waals surface area contributed by atoms with E-state index in [1.807, 2.05) is 0 Å². The molecule has 0 saturated carbocycles. The summed E-state index contributed by atoms with van der Waals surface area (Å²) in [4.78, 5) is 0. The Morgan fingerprint density at radius 2 is 0.565 bits per heavy atom. The summed E-state index contributed by atoms with van der Waals surface area (Å²) in [5.41, 5.74) is 1.98. The van der Waals surface area contributed by atoms with Gasteiger partial charge in [-0.1, -0.05) is 83.1 Å². The summed E-state index contributed by atoms with van der Waals surface area (Å²) >= 11 is 0. The molecule has 0 amide bonds. The van der Waals surface area contributed by atoms with Crippen LogP contribution >= 0.6 is 15.8 Å². The van der Waals surface area contributed by atoms with Gasteiger partial charge < -0.3 is 34.5 Å². The molecular weight excluding hydrogens is 742 g/mol. The van der Waals surface area contributed by atoms with Crippen LogP contribution in [-0.2, 0) is 20.4 Å². The summed E-state index contributed by atoms with van der Waals surface area (Å²) in [5, 5.41) is 14.6. The molecule has 0 spiro atoms. The van der Waals surface area contributed by atoms with Gasteiger partial charge in [0.05, 0.1) is 12.1 Å². The second kappa shape index (κ2) is 28.9. The molecular formula is C31H64B2F8N2P2Pd. The molecule has 0 N–H and O–H groups in total. The Labute approximate surface area is 294 Å². The summed E-state index contributed by atoms with van der Waals surface area (Å²) in [6.45, 7) is 31.9. The van der Waals surface area contributed by atoms with Gasteiger partial charge in [0.2, 0.25) is 0 Å². The molecule has 0 saturated heterocycles. The summed E-state index contributed by atoms with van der Waals surface area (Å²) in [6, 6.07) is 3.50. The van der Waals surface area contributed by atoms with Crippen molar-refractivity contribution in [2.45, 2.75) is 129 Å². The number of nitrogens with zero attached hydrogens (tertiary/aromatic N) is 2. The predicted molar refractivity (Wildman–Crippen MR) is 187 cm³/mol. The smallest absolute Gasteiger partial charge is 0.418 e. The molecule has 0 radical (unpaired) electrons. The maximum Gasteiger partial charge on any atom is 2.00 e. The van der Waals surface area contributed by atoms with Gasteiger partial charge in [-0.3, -0.25) is 0 Å². The van der Waals surface area contributed by atoms with Crippen molar-refractivity contribution in [3.63, 3.8) is 0 Å². The molecule has 0 bridgehead atoms. The van der Waals surface area contributed by atoms with Crippen LogP contribution in [0, 0.1) is 44.3 Å². The van der Waals surface area contributed by atoms with Crippen molar-refractivity contribution in [1.29, 1.82) is 10.5 Å². The Balaban J connectivity index is -0.000000194. The van der Waals surface area contributed by atoms with Crippen molar-refractivity contribution in [2.24, 2.45) is 21.7 Å². The van der Waals surface area contributed by atoms with Crippen LogP contribution in [0.2, 0.25) is 0 Å². The largest absolute Gasteiger partial charge is 2.00 e. The number of hydrogen-bond donors (Lipinski definition) is 0. The van der Waals surface area contributed by atoms with Crippen molar-refractivity contribution in [2.75, 3.05) is 37.0 Å². The summed E-state index contributed by atoms with van der Waals surface area (Å²) in [7, 11) is -11.5. The minimum atomic E-state index is -6.00. The Morgan fingerprint density at radius 3 is 0.674 bits per heavy atom. The van der Waals surface area contributed by atoms with E-state index in [2.05, 4.69) is 83.1 Å². The quantitative estimate of drug-likeness (QED) is 0.112. The van der Waals surface area contributed by atoms with E-state index >= 15 is 0 Å². The Kier molecular flexibility index (Phi) is 36.6. The molecule has 0 aromatic rings. The molecule has 0 rings (SSSR count). The van der Waals surface area contributed by atoms with Crippen LogP contribution in [0.1, 0.15) is 129 Å². The van der Waals surface area contributed by atoms with Gasteiger partial charge in [-0.2, -0.15) is 10.5 Å². The fraction of sp³-hybridized carbons (Fsp3) is 0.935. The topological polar surface area (TPSA) is 47.6 Å². The van der Waals surface area contributed by atoms with E-state index in [-0.39, 0.29) is 36.3 Å². The number of rotatable bonds is 12. The zero-order valence-electron chi connectivity index (χ0n) is 31.1. The normalized spacial score (nSPS) is 12.0. The average Bonchev–Trinajstić information content (AvgIpc) is 2.73. The SMILES string of the molecule is CC#N.CC#N.CC(C)(C)CCP(CCCP(CCC(C)(C)C)CCC(C)(C)C)CCC(C)(C)C.F[B-](F)(F)F.F[B-](F)(F)F.[Pd+2]. The fourth-order valence-corrected chi connectivity index (χ4v) is 9.91. The Bertz CT molecular complexity index is 665. The van der Waals surface area contributed by atoms with Gasteiger partial charge in [0.25, 0.3) is 0 Å². The van der Waals surface area contributed by atoms with Crippen molar-refractivity contribution in [1.82, 2.24) is 0 Å². The van der Waals surface area contributed by atoms with E-state index in [0.29, 0.717) is 21.7 Å². The molecule has 0 aliphatic carbocycles. The summed E-state index contributed by atoms with van der Waals surface area (Å²) in [6.07, 6.45) is 16.2. The minimum absolute atomic E-state index is 0. The maximum atomic E-state index is 9.75. The second-order valence-electron chi connectivity index (χ2n) is 15.7. The first-order valence-electron chi connectivity index (χ1n) is 15.5. The number of hydrogen-bond acceptors (Lipinski definition) is 2.